The quantitative estimate of drug-likeness (QED) is 0.781. The van der Waals surface area contributed by atoms with E-state index < -0.39 is 15.5 Å². The van der Waals surface area contributed by atoms with Gasteiger partial charge in [0.1, 0.15) is 4.90 Å². The average Bonchev–Trinajstić information content (AvgIpc) is 2.15. The van der Waals surface area contributed by atoms with Crippen molar-refractivity contribution in [3.05, 3.63) is 28.7 Å². The van der Waals surface area contributed by atoms with Gasteiger partial charge in [0.05, 0.1) is 0 Å². The molecule has 1 heterocycles. The molecule has 1 rings (SSSR count). The van der Waals surface area contributed by atoms with E-state index in [1.807, 2.05) is 13.8 Å². The number of rotatable bonds is 4. The maximum absolute atomic E-state index is 11.6. The lowest BCUT2D eigenvalue weighted by molar-refractivity contribution is 0.559. The first-order chi connectivity index (χ1) is 6.93. The van der Waals surface area contributed by atoms with Crippen LogP contribution in [0.25, 0.3) is 0 Å². The fourth-order valence-electron chi connectivity index (χ4n) is 0.965. The van der Waals surface area contributed by atoms with Crippen LogP contribution in [0.5, 0.6) is 0 Å². The van der Waals surface area contributed by atoms with Crippen molar-refractivity contribution in [1.82, 2.24) is 9.71 Å². The predicted octanol–water partition coefficient (Wildman–Crippen LogP) is 0.309. The third kappa shape index (κ3) is 3.17. The Bertz CT molecular complexity index is 476. The highest BCUT2D eigenvalue weighted by atomic mass is 32.2. The Morgan fingerprint density at radius 2 is 2.13 bits per heavy atom. The van der Waals surface area contributed by atoms with Crippen molar-refractivity contribution in [2.75, 3.05) is 6.54 Å². The maximum Gasteiger partial charge on any atom is 0.245 e. The summed E-state index contributed by atoms with van der Waals surface area (Å²) < 4.78 is 25.6. The van der Waals surface area contributed by atoms with E-state index >= 15 is 0 Å². The second-order valence-corrected chi connectivity index (χ2v) is 5.35. The Kier molecular flexibility index (Phi) is 3.65. The molecule has 0 unspecified atom stereocenters. The summed E-state index contributed by atoms with van der Waals surface area (Å²) in [6.45, 7) is 4.09. The number of aromatic amines is 1. The molecule has 0 fully saturated rings. The number of aromatic nitrogens is 1. The van der Waals surface area contributed by atoms with Crippen LogP contribution in [0.15, 0.2) is 28.2 Å². The molecule has 6 heteroatoms. The molecule has 0 amide bonds. The largest absolute Gasteiger partial charge is 0.366 e. The van der Waals surface area contributed by atoms with Crippen molar-refractivity contribution < 1.29 is 8.42 Å². The molecule has 0 aliphatic carbocycles. The van der Waals surface area contributed by atoms with Crippen LogP contribution in [0.2, 0.25) is 0 Å². The summed E-state index contributed by atoms with van der Waals surface area (Å²) in [4.78, 5) is 13.6. The van der Waals surface area contributed by atoms with E-state index in [2.05, 4.69) is 9.71 Å². The van der Waals surface area contributed by atoms with Gasteiger partial charge in [-0.05, 0) is 5.92 Å². The maximum atomic E-state index is 11.6. The van der Waals surface area contributed by atoms with Crippen molar-refractivity contribution in [1.29, 1.82) is 0 Å². The van der Waals surface area contributed by atoms with Crippen molar-refractivity contribution in [3.8, 4) is 0 Å². The molecule has 0 aliphatic heterocycles. The second kappa shape index (κ2) is 4.59. The summed E-state index contributed by atoms with van der Waals surface area (Å²) in [5.74, 6) is 0.197. The fraction of sp³-hybridized carbons (Fsp3) is 0.444. The van der Waals surface area contributed by atoms with Crippen molar-refractivity contribution >= 4 is 10.0 Å². The molecule has 0 aliphatic rings. The van der Waals surface area contributed by atoms with Crippen molar-refractivity contribution in [2.24, 2.45) is 5.92 Å². The number of nitrogens with one attached hydrogen (secondary N) is 2. The van der Waals surface area contributed by atoms with Gasteiger partial charge in [-0.15, -0.1) is 0 Å². The van der Waals surface area contributed by atoms with Gasteiger partial charge in [-0.25, -0.2) is 13.1 Å². The van der Waals surface area contributed by atoms with Crippen LogP contribution in [-0.2, 0) is 10.0 Å². The Balaban J connectivity index is 2.97. The third-order valence-electron chi connectivity index (χ3n) is 1.76. The lowest BCUT2D eigenvalue weighted by Crippen LogP contribution is -2.31. The van der Waals surface area contributed by atoms with Gasteiger partial charge < -0.3 is 4.98 Å². The van der Waals surface area contributed by atoms with Crippen molar-refractivity contribution in [2.45, 2.75) is 18.7 Å². The van der Waals surface area contributed by atoms with E-state index in [1.165, 1.54) is 18.5 Å². The molecule has 0 saturated carbocycles. The number of sulfonamides is 1. The van der Waals surface area contributed by atoms with Gasteiger partial charge in [-0.1, -0.05) is 13.8 Å². The molecule has 2 N–H and O–H groups in total. The first-order valence-electron chi connectivity index (χ1n) is 4.60. The van der Waals surface area contributed by atoms with Crippen molar-refractivity contribution in [3.63, 3.8) is 0 Å². The summed E-state index contributed by atoms with van der Waals surface area (Å²) in [6.07, 6.45) is 2.58. The standard InChI is InChI=1S/C9H14N2O3S/c1-7(2)5-11-15(13,14)9-6-10-4-3-8(9)12/h3-4,6-7,11H,5H2,1-2H3,(H,10,12). The smallest absolute Gasteiger partial charge is 0.245 e. The number of H-pyrrole nitrogens is 1. The van der Waals surface area contributed by atoms with Crippen LogP contribution < -0.4 is 10.2 Å². The van der Waals surface area contributed by atoms with Gasteiger partial charge in [0.2, 0.25) is 15.5 Å². The first kappa shape index (κ1) is 11.9. The van der Waals surface area contributed by atoms with Crippen LogP contribution in [0.4, 0.5) is 0 Å². The Morgan fingerprint density at radius 1 is 1.47 bits per heavy atom. The van der Waals surface area contributed by atoms with Gasteiger partial charge in [-0.2, -0.15) is 0 Å². The summed E-state index contributed by atoms with van der Waals surface area (Å²) in [5.41, 5.74) is -0.509. The Hall–Kier alpha value is -1.14. The normalized spacial score (nSPS) is 11.9. The summed E-state index contributed by atoms with van der Waals surface area (Å²) in [7, 11) is -3.68. The van der Waals surface area contributed by atoms with Gasteiger partial charge in [0.15, 0.2) is 0 Å². The molecule has 0 aromatic carbocycles. The van der Waals surface area contributed by atoms with Gasteiger partial charge in [0.25, 0.3) is 0 Å². The first-order valence-corrected chi connectivity index (χ1v) is 6.08. The number of hydrogen-bond donors (Lipinski definition) is 2. The minimum absolute atomic E-state index is 0.197. The topological polar surface area (TPSA) is 79.0 Å². The van der Waals surface area contributed by atoms with Gasteiger partial charge in [0, 0.05) is 25.0 Å². The zero-order valence-corrected chi connectivity index (χ0v) is 9.47. The Labute approximate surface area is 88.6 Å². The zero-order chi connectivity index (χ0) is 11.5. The Morgan fingerprint density at radius 3 is 2.67 bits per heavy atom. The van der Waals surface area contributed by atoms with Crippen LogP contribution in [0.3, 0.4) is 0 Å². The molecular weight excluding hydrogens is 216 g/mol. The molecule has 0 atom stereocenters. The summed E-state index contributed by atoms with van der Waals surface area (Å²) >= 11 is 0. The average molecular weight is 230 g/mol. The molecule has 0 radical (unpaired) electrons. The lowest BCUT2D eigenvalue weighted by atomic mass is 10.2. The molecular formula is C9H14N2O3S. The molecule has 0 spiro atoms. The van der Waals surface area contributed by atoms with Crippen LogP contribution >= 0.6 is 0 Å². The van der Waals surface area contributed by atoms with E-state index in [0.29, 0.717) is 6.54 Å². The highest BCUT2D eigenvalue weighted by Gasteiger charge is 2.17. The molecule has 15 heavy (non-hydrogen) atoms. The van der Waals surface area contributed by atoms with Crippen LogP contribution in [0, 0.1) is 5.92 Å². The molecule has 0 saturated heterocycles. The minimum atomic E-state index is -3.68. The van der Waals surface area contributed by atoms with E-state index in [4.69, 9.17) is 0 Å². The fourth-order valence-corrected chi connectivity index (χ4v) is 2.23. The monoisotopic (exact) mass is 230 g/mol. The van der Waals surface area contributed by atoms with E-state index in [9.17, 15) is 13.2 Å². The number of hydrogen-bond acceptors (Lipinski definition) is 3. The zero-order valence-electron chi connectivity index (χ0n) is 8.65. The minimum Gasteiger partial charge on any atom is -0.366 e. The number of pyridine rings is 1. The highest BCUT2D eigenvalue weighted by Crippen LogP contribution is 2.00. The van der Waals surface area contributed by atoms with E-state index in [-0.39, 0.29) is 10.8 Å². The van der Waals surface area contributed by atoms with E-state index in [0.717, 1.165) is 0 Å². The SMILES string of the molecule is CC(C)CNS(=O)(=O)c1c[nH]ccc1=O. The third-order valence-corrected chi connectivity index (χ3v) is 3.20. The predicted molar refractivity (Wildman–Crippen MR) is 57.1 cm³/mol. The lowest BCUT2D eigenvalue weighted by Gasteiger charge is -2.07. The second-order valence-electron chi connectivity index (χ2n) is 3.62. The molecule has 1 aromatic rings. The van der Waals surface area contributed by atoms with Crippen LogP contribution in [0.1, 0.15) is 13.8 Å². The molecule has 1 aromatic heterocycles. The summed E-state index contributed by atoms with van der Waals surface area (Å²) in [6, 6.07) is 1.18. The summed E-state index contributed by atoms with van der Waals surface area (Å²) in [5, 5.41) is 0. The van der Waals surface area contributed by atoms with Gasteiger partial charge >= 0.3 is 0 Å². The van der Waals surface area contributed by atoms with Gasteiger partial charge in [-0.3, -0.25) is 4.79 Å². The molecule has 5 nitrogen and oxygen atoms in total. The van der Waals surface area contributed by atoms with Crippen LogP contribution in [-0.4, -0.2) is 19.9 Å². The van der Waals surface area contributed by atoms with E-state index in [1.54, 1.807) is 0 Å². The molecule has 84 valence electrons. The highest BCUT2D eigenvalue weighted by molar-refractivity contribution is 7.89. The molecule has 0 bridgehead atoms.